The molecule has 96 valence electrons. The number of furan rings is 2. The van der Waals surface area contributed by atoms with Gasteiger partial charge in [-0.05, 0) is 38.4 Å². The van der Waals surface area contributed by atoms with E-state index in [2.05, 4.69) is 5.32 Å². The first-order chi connectivity index (χ1) is 8.68. The van der Waals surface area contributed by atoms with Crippen LogP contribution in [0.2, 0.25) is 0 Å². The maximum atomic E-state index is 11.7. The zero-order valence-corrected chi connectivity index (χ0v) is 10.4. The van der Waals surface area contributed by atoms with Gasteiger partial charge in [-0.3, -0.25) is 9.69 Å². The van der Waals surface area contributed by atoms with Gasteiger partial charge in [0, 0.05) is 6.54 Å². The van der Waals surface area contributed by atoms with Crippen molar-refractivity contribution >= 4 is 5.91 Å². The van der Waals surface area contributed by atoms with Crippen LogP contribution in [-0.2, 0) is 0 Å². The van der Waals surface area contributed by atoms with Crippen molar-refractivity contribution in [2.45, 2.75) is 6.04 Å². The molecule has 2 aromatic heterocycles. The maximum absolute atomic E-state index is 11.7. The number of carbonyl (C=O) groups excluding carboxylic acids is 1. The lowest BCUT2D eigenvalue weighted by Crippen LogP contribution is -2.34. The van der Waals surface area contributed by atoms with E-state index in [1.54, 1.807) is 18.4 Å². The van der Waals surface area contributed by atoms with Crippen LogP contribution >= 0.6 is 0 Å². The Bertz CT molecular complexity index is 474. The van der Waals surface area contributed by atoms with Crippen molar-refractivity contribution in [1.29, 1.82) is 0 Å². The highest BCUT2D eigenvalue weighted by atomic mass is 16.3. The Kier molecular flexibility index (Phi) is 3.84. The molecule has 2 aromatic rings. The average molecular weight is 248 g/mol. The van der Waals surface area contributed by atoms with Crippen molar-refractivity contribution in [1.82, 2.24) is 10.2 Å². The lowest BCUT2D eigenvalue weighted by atomic mass is 10.2. The highest BCUT2D eigenvalue weighted by Gasteiger charge is 2.18. The fourth-order valence-corrected chi connectivity index (χ4v) is 1.70. The molecule has 2 heterocycles. The third-order valence-electron chi connectivity index (χ3n) is 2.70. The molecule has 0 aliphatic carbocycles. The normalized spacial score (nSPS) is 12.6. The molecule has 0 aliphatic heterocycles. The van der Waals surface area contributed by atoms with E-state index in [-0.39, 0.29) is 11.9 Å². The molecule has 0 bridgehead atoms. The van der Waals surface area contributed by atoms with Crippen molar-refractivity contribution < 1.29 is 13.6 Å². The van der Waals surface area contributed by atoms with Crippen LogP contribution in [0, 0.1) is 0 Å². The smallest absolute Gasteiger partial charge is 0.287 e. The van der Waals surface area contributed by atoms with Crippen molar-refractivity contribution in [3.63, 3.8) is 0 Å². The summed E-state index contributed by atoms with van der Waals surface area (Å²) in [6.07, 6.45) is 3.10. The molecule has 1 amide bonds. The Balaban J connectivity index is 1.97. The molecule has 0 saturated carbocycles. The molecule has 0 saturated heterocycles. The lowest BCUT2D eigenvalue weighted by molar-refractivity contribution is 0.0911. The number of nitrogens with one attached hydrogen (secondary N) is 1. The van der Waals surface area contributed by atoms with Crippen molar-refractivity contribution in [2.24, 2.45) is 0 Å². The molecule has 1 atom stereocenters. The molecule has 2 rings (SSSR count). The highest BCUT2D eigenvalue weighted by Crippen LogP contribution is 2.17. The predicted octanol–water partition coefficient (Wildman–Crippen LogP) is 1.91. The minimum Gasteiger partial charge on any atom is -0.468 e. The quantitative estimate of drug-likeness (QED) is 0.878. The topological polar surface area (TPSA) is 58.6 Å². The van der Waals surface area contributed by atoms with E-state index in [1.165, 1.54) is 6.26 Å². The van der Waals surface area contributed by atoms with Crippen LogP contribution in [0.5, 0.6) is 0 Å². The van der Waals surface area contributed by atoms with Crippen LogP contribution < -0.4 is 5.32 Å². The van der Waals surface area contributed by atoms with Gasteiger partial charge in [-0.2, -0.15) is 0 Å². The number of rotatable bonds is 5. The molecule has 0 unspecified atom stereocenters. The number of carbonyl (C=O) groups is 1. The fraction of sp³-hybridized carbons (Fsp3) is 0.308. The molecule has 5 heteroatoms. The largest absolute Gasteiger partial charge is 0.468 e. The molecular weight excluding hydrogens is 232 g/mol. The van der Waals surface area contributed by atoms with E-state index in [4.69, 9.17) is 8.83 Å². The Morgan fingerprint density at radius 1 is 1.28 bits per heavy atom. The lowest BCUT2D eigenvalue weighted by Gasteiger charge is -2.22. The minimum atomic E-state index is -0.224. The van der Waals surface area contributed by atoms with Crippen LogP contribution in [0.15, 0.2) is 45.6 Å². The summed E-state index contributed by atoms with van der Waals surface area (Å²) < 4.78 is 10.4. The summed E-state index contributed by atoms with van der Waals surface area (Å²) in [5.41, 5.74) is 0. The molecule has 0 aromatic carbocycles. The third-order valence-corrected chi connectivity index (χ3v) is 2.70. The van der Waals surface area contributed by atoms with Gasteiger partial charge >= 0.3 is 0 Å². The standard InChI is InChI=1S/C13H16N2O3/c1-15(2)10(11-5-3-7-17-11)9-14-13(16)12-6-4-8-18-12/h3-8,10H,9H2,1-2H3,(H,14,16)/t10-/m1/s1. The van der Waals surface area contributed by atoms with Gasteiger partial charge in [0.05, 0.1) is 18.6 Å². The second kappa shape index (κ2) is 5.55. The van der Waals surface area contributed by atoms with Gasteiger partial charge in [0.2, 0.25) is 0 Å². The zero-order valence-electron chi connectivity index (χ0n) is 10.4. The molecule has 5 nitrogen and oxygen atoms in total. The Hall–Kier alpha value is -2.01. The highest BCUT2D eigenvalue weighted by molar-refractivity contribution is 5.91. The van der Waals surface area contributed by atoms with Crippen molar-refractivity contribution in [3.8, 4) is 0 Å². The van der Waals surface area contributed by atoms with E-state index in [1.807, 2.05) is 31.1 Å². The SMILES string of the molecule is CN(C)[C@H](CNC(=O)c1ccco1)c1ccco1. The van der Waals surface area contributed by atoms with Gasteiger partial charge in [-0.1, -0.05) is 0 Å². The molecular formula is C13H16N2O3. The van der Waals surface area contributed by atoms with Gasteiger partial charge in [-0.25, -0.2) is 0 Å². The summed E-state index contributed by atoms with van der Waals surface area (Å²) >= 11 is 0. The molecule has 0 aliphatic rings. The summed E-state index contributed by atoms with van der Waals surface area (Å²) in [5, 5.41) is 2.82. The second-order valence-electron chi connectivity index (χ2n) is 4.18. The number of likely N-dealkylation sites (N-methyl/N-ethyl adjacent to an activating group) is 1. The number of nitrogens with zero attached hydrogens (tertiary/aromatic N) is 1. The zero-order chi connectivity index (χ0) is 13.0. The van der Waals surface area contributed by atoms with Crippen molar-refractivity contribution in [2.75, 3.05) is 20.6 Å². The summed E-state index contributed by atoms with van der Waals surface area (Å²) in [5.74, 6) is 0.908. The van der Waals surface area contributed by atoms with Crippen LogP contribution in [-0.4, -0.2) is 31.4 Å². The number of hydrogen-bond donors (Lipinski definition) is 1. The van der Waals surface area contributed by atoms with Crippen LogP contribution in [0.1, 0.15) is 22.4 Å². The summed E-state index contributed by atoms with van der Waals surface area (Å²) in [6, 6.07) is 7.04. The van der Waals surface area contributed by atoms with Crippen molar-refractivity contribution in [3.05, 3.63) is 48.3 Å². The van der Waals surface area contributed by atoms with E-state index in [9.17, 15) is 4.79 Å². The second-order valence-corrected chi connectivity index (χ2v) is 4.18. The molecule has 1 N–H and O–H groups in total. The minimum absolute atomic E-state index is 0.00101. The molecule has 18 heavy (non-hydrogen) atoms. The van der Waals surface area contributed by atoms with Gasteiger partial charge in [0.15, 0.2) is 5.76 Å². The van der Waals surface area contributed by atoms with Crippen LogP contribution in [0.25, 0.3) is 0 Å². The predicted molar refractivity (Wildman–Crippen MR) is 66.2 cm³/mol. The van der Waals surface area contributed by atoms with Crippen LogP contribution in [0.3, 0.4) is 0 Å². The molecule has 0 fully saturated rings. The Morgan fingerprint density at radius 2 is 2.00 bits per heavy atom. The Morgan fingerprint density at radius 3 is 2.56 bits per heavy atom. The van der Waals surface area contributed by atoms with Crippen LogP contribution in [0.4, 0.5) is 0 Å². The summed E-state index contributed by atoms with van der Waals surface area (Å²) in [4.78, 5) is 13.7. The Labute approximate surface area is 105 Å². The number of hydrogen-bond acceptors (Lipinski definition) is 4. The van der Waals surface area contributed by atoms with E-state index < -0.39 is 0 Å². The third kappa shape index (κ3) is 2.81. The first-order valence-corrected chi connectivity index (χ1v) is 5.70. The first-order valence-electron chi connectivity index (χ1n) is 5.70. The van der Waals surface area contributed by atoms with Gasteiger partial charge in [0.1, 0.15) is 5.76 Å². The van der Waals surface area contributed by atoms with Gasteiger partial charge in [0.25, 0.3) is 5.91 Å². The molecule has 0 radical (unpaired) electrons. The maximum Gasteiger partial charge on any atom is 0.287 e. The van der Waals surface area contributed by atoms with E-state index in [0.717, 1.165) is 5.76 Å². The molecule has 0 spiro atoms. The summed E-state index contributed by atoms with van der Waals surface area (Å²) in [7, 11) is 3.87. The van der Waals surface area contributed by atoms with E-state index >= 15 is 0 Å². The first kappa shape index (κ1) is 12.4. The van der Waals surface area contributed by atoms with Gasteiger partial charge < -0.3 is 14.2 Å². The van der Waals surface area contributed by atoms with Gasteiger partial charge in [-0.15, -0.1) is 0 Å². The summed E-state index contributed by atoms with van der Waals surface area (Å²) in [6.45, 7) is 0.458. The number of amides is 1. The fourth-order valence-electron chi connectivity index (χ4n) is 1.70. The average Bonchev–Trinajstić information content (AvgIpc) is 3.01. The van der Waals surface area contributed by atoms with E-state index in [0.29, 0.717) is 12.3 Å². The monoisotopic (exact) mass is 248 g/mol.